The molecule has 7 nitrogen and oxygen atoms in total. The van der Waals surface area contributed by atoms with Crippen LogP contribution >= 0.6 is 11.8 Å². The number of thioether (sulfide) groups is 1. The summed E-state index contributed by atoms with van der Waals surface area (Å²) in [4.78, 5) is 24.5. The van der Waals surface area contributed by atoms with E-state index in [2.05, 4.69) is 25.6 Å². The number of para-hydroxylation sites is 1. The van der Waals surface area contributed by atoms with Crippen LogP contribution in [0.4, 0.5) is 17.6 Å². The first kappa shape index (κ1) is 18.7. The lowest BCUT2D eigenvalue weighted by atomic mass is 10.2. The molecule has 0 aliphatic heterocycles. The molecular weight excluding hydrogens is 360 g/mol. The molecular formula is C19H20N6OS. The third kappa shape index (κ3) is 6.27. The van der Waals surface area contributed by atoms with Crippen molar-refractivity contribution in [1.29, 1.82) is 0 Å². The third-order valence-electron chi connectivity index (χ3n) is 3.53. The molecule has 138 valence electrons. The molecule has 0 aliphatic rings. The zero-order chi connectivity index (χ0) is 18.9. The number of nitrogen functional groups attached to an aromatic ring is 1. The number of aromatic nitrogens is 3. The average molecular weight is 380 g/mol. The molecule has 0 saturated heterocycles. The van der Waals surface area contributed by atoms with Crippen LogP contribution in [-0.2, 0) is 17.1 Å². The van der Waals surface area contributed by atoms with Gasteiger partial charge >= 0.3 is 0 Å². The van der Waals surface area contributed by atoms with Crippen molar-refractivity contribution in [3.8, 4) is 0 Å². The Balaban J connectivity index is 1.48. The topological polar surface area (TPSA) is 106 Å². The fourth-order valence-electron chi connectivity index (χ4n) is 2.29. The van der Waals surface area contributed by atoms with E-state index in [4.69, 9.17) is 5.73 Å². The Morgan fingerprint density at radius 3 is 2.41 bits per heavy atom. The molecule has 2 aromatic carbocycles. The molecule has 0 aliphatic carbocycles. The molecule has 3 rings (SSSR count). The number of benzene rings is 2. The Kier molecular flexibility index (Phi) is 6.59. The van der Waals surface area contributed by atoms with Gasteiger partial charge in [0.25, 0.3) is 0 Å². The number of rotatable bonds is 8. The van der Waals surface area contributed by atoms with Gasteiger partial charge in [-0.2, -0.15) is 15.0 Å². The van der Waals surface area contributed by atoms with Gasteiger partial charge in [0.15, 0.2) is 0 Å². The smallest absolute Gasteiger partial charge is 0.232 e. The van der Waals surface area contributed by atoms with Crippen molar-refractivity contribution in [3.05, 3.63) is 72.1 Å². The summed E-state index contributed by atoms with van der Waals surface area (Å²) in [6.07, 6.45) is 0. The van der Waals surface area contributed by atoms with Crippen molar-refractivity contribution < 1.29 is 4.79 Å². The van der Waals surface area contributed by atoms with Gasteiger partial charge in [-0.15, -0.1) is 11.8 Å². The first-order chi connectivity index (χ1) is 13.2. The van der Waals surface area contributed by atoms with E-state index in [0.717, 1.165) is 11.3 Å². The van der Waals surface area contributed by atoms with E-state index in [9.17, 15) is 4.79 Å². The average Bonchev–Trinajstić information content (AvgIpc) is 2.67. The van der Waals surface area contributed by atoms with E-state index >= 15 is 0 Å². The van der Waals surface area contributed by atoms with Gasteiger partial charge in [-0.05, 0) is 17.7 Å². The molecule has 0 saturated carbocycles. The first-order valence-electron chi connectivity index (χ1n) is 8.40. The Bertz CT molecular complexity index is 876. The van der Waals surface area contributed by atoms with Crippen LogP contribution in [0.2, 0.25) is 0 Å². The van der Waals surface area contributed by atoms with Gasteiger partial charge in [0.1, 0.15) is 5.82 Å². The predicted molar refractivity (Wildman–Crippen MR) is 108 cm³/mol. The second-order valence-electron chi connectivity index (χ2n) is 5.68. The minimum Gasteiger partial charge on any atom is -0.368 e. The summed E-state index contributed by atoms with van der Waals surface area (Å²) in [5, 5.41) is 5.98. The number of hydrogen-bond acceptors (Lipinski definition) is 7. The highest BCUT2D eigenvalue weighted by Gasteiger charge is 2.07. The van der Waals surface area contributed by atoms with Crippen LogP contribution in [0.25, 0.3) is 0 Å². The van der Waals surface area contributed by atoms with Crippen molar-refractivity contribution in [2.24, 2.45) is 0 Å². The van der Waals surface area contributed by atoms with Gasteiger partial charge in [0, 0.05) is 12.2 Å². The highest BCUT2D eigenvalue weighted by Crippen LogP contribution is 2.15. The SMILES string of the molecule is Nc1nc(CSCC(=O)NCc2ccccc2)nc(Nc2ccccc2)n1. The van der Waals surface area contributed by atoms with Crippen molar-refractivity contribution in [2.75, 3.05) is 16.8 Å². The van der Waals surface area contributed by atoms with Crippen LogP contribution in [0.1, 0.15) is 11.4 Å². The van der Waals surface area contributed by atoms with Gasteiger partial charge in [0.2, 0.25) is 17.8 Å². The standard InChI is InChI=1S/C19H20N6OS/c20-18-23-16(24-19(25-18)22-15-9-5-2-6-10-15)12-27-13-17(26)21-11-14-7-3-1-4-8-14/h1-10H,11-13H2,(H,21,26)(H3,20,22,23,24,25). The van der Waals surface area contributed by atoms with Crippen LogP contribution in [0.3, 0.4) is 0 Å². The van der Waals surface area contributed by atoms with Crippen molar-refractivity contribution in [3.63, 3.8) is 0 Å². The monoisotopic (exact) mass is 380 g/mol. The van der Waals surface area contributed by atoms with E-state index in [-0.39, 0.29) is 11.9 Å². The lowest BCUT2D eigenvalue weighted by Gasteiger charge is -2.07. The molecule has 1 aromatic heterocycles. The number of nitrogens with one attached hydrogen (secondary N) is 2. The van der Waals surface area contributed by atoms with Gasteiger partial charge in [-0.1, -0.05) is 48.5 Å². The quantitative estimate of drug-likeness (QED) is 0.552. The van der Waals surface area contributed by atoms with E-state index in [1.54, 1.807) is 0 Å². The lowest BCUT2D eigenvalue weighted by molar-refractivity contribution is -0.118. The maximum Gasteiger partial charge on any atom is 0.232 e. The van der Waals surface area contributed by atoms with Crippen LogP contribution < -0.4 is 16.4 Å². The molecule has 0 fully saturated rings. The van der Waals surface area contributed by atoms with E-state index in [1.165, 1.54) is 11.8 Å². The molecule has 0 spiro atoms. The number of nitrogens with zero attached hydrogens (tertiary/aromatic N) is 3. The molecule has 1 amide bonds. The van der Waals surface area contributed by atoms with Crippen LogP contribution in [0.15, 0.2) is 60.7 Å². The largest absolute Gasteiger partial charge is 0.368 e. The minimum absolute atomic E-state index is 0.0338. The van der Waals surface area contributed by atoms with Gasteiger partial charge < -0.3 is 16.4 Å². The second kappa shape index (κ2) is 9.54. The van der Waals surface area contributed by atoms with Gasteiger partial charge in [-0.3, -0.25) is 4.79 Å². The number of carbonyl (C=O) groups excluding carboxylic acids is 1. The number of amides is 1. The Labute approximate surface area is 161 Å². The molecule has 0 bridgehead atoms. The fourth-order valence-corrected chi connectivity index (χ4v) is 2.99. The molecule has 3 aromatic rings. The molecule has 8 heteroatoms. The van der Waals surface area contributed by atoms with E-state index in [1.807, 2.05) is 60.7 Å². The Morgan fingerprint density at radius 1 is 0.963 bits per heavy atom. The fraction of sp³-hybridized carbons (Fsp3) is 0.158. The Hall–Kier alpha value is -3.13. The highest BCUT2D eigenvalue weighted by molar-refractivity contribution is 7.99. The summed E-state index contributed by atoms with van der Waals surface area (Å²) in [5.41, 5.74) is 7.70. The normalized spacial score (nSPS) is 10.4. The van der Waals surface area contributed by atoms with Gasteiger partial charge in [0.05, 0.1) is 11.5 Å². The van der Waals surface area contributed by atoms with Crippen LogP contribution in [0.5, 0.6) is 0 Å². The number of carbonyl (C=O) groups is 1. The minimum atomic E-state index is -0.0338. The molecule has 1 heterocycles. The highest BCUT2D eigenvalue weighted by atomic mass is 32.2. The summed E-state index contributed by atoms with van der Waals surface area (Å²) < 4.78 is 0. The molecule has 0 unspecified atom stereocenters. The number of nitrogens with two attached hydrogens (primary N) is 1. The zero-order valence-electron chi connectivity index (χ0n) is 14.6. The summed E-state index contributed by atoms with van der Waals surface area (Å²) in [6, 6.07) is 19.4. The Morgan fingerprint density at radius 2 is 1.67 bits per heavy atom. The summed E-state index contributed by atoms with van der Waals surface area (Å²) in [6.45, 7) is 0.518. The molecule has 4 N–H and O–H groups in total. The van der Waals surface area contributed by atoms with Crippen LogP contribution in [0, 0.1) is 0 Å². The van der Waals surface area contributed by atoms with Crippen molar-refractivity contribution in [2.45, 2.75) is 12.3 Å². The van der Waals surface area contributed by atoms with Crippen molar-refractivity contribution >= 4 is 35.3 Å². The molecule has 0 atom stereocenters. The molecule has 0 radical (unpaired) electrons. The van der Waals surface area contributed by atoms with E-state index < -0.39 is 0 Å². The predicted octanol–water partition coefficient (Wildman–Crippen LogP) is 2.75. The first-order valence-corrected chi connectivity index (χ1v) is 9.55. The summed E-state index contributed by atoms with van der Waals surface area (Å²) in [7, 11) is 0. The second-order valence-corrected chi connectivity index (χ2v) is 6.67. The van der Waals surface area contributed by atoms with Crippen LogP contribution in [-0.4, -0.2) is 26.6 Å². The maximum absolute atomic E-state index is 12.0. The van der Waals surface area contributed by atoms with E-state index in [0.29, 0.717) is 29.8 Å². The number of hydrogen-bond donors (Lipinski definition) is 3. The van der Waals surface area contributed by atoms with Gasteiger partial charge in [-0.25, -0.2) is 0 Å². The summed E-state index contributed by atoms with van der Waals surface area (Å²) >= 11 is 1.43. The number of anilines is 3. The molecule has 27 heavy (non-hydrogen) atoms. The summed E-state index contributed by atoms with van der Waals surface area (Å²) in [5.74, 6) is 1.81. The third-order valence-corrected chi connectivity index (χ3v) is 4.45. The van der Waals surface area contributed by atoms with Crippen molar-refractivity contribution in [1.82, 2.24) is 20.3 Å². The maximum atomic E-state index is 12.0. The zero-order valence-corrected chi connectivity index (χ0v) is 15.4. The lowest BCUT2D eigenvalue weighted by Crippen LogP contribution is -2.24.